The molecule has 7 nitrogen and oxygen atoms in total. The molecule has 0 aliphatic heterocycles. The maximum absolute atomic E-state index is 11.3. The van der Waals surface area contributed by atoms with Crippen LogP contribution in [0.2, 0.25) is 0 Å². The Morgan fingerprint density at radius 2 is 2.20 bits per heavy atom. The molecule has 0 saturated carbocycles. The average molecular weight is 276 g/mol. The minimum absolute atomic E-state index is 0.145. The second kappa shape index (κ2) is 5.98. The van der Waals surface area contributed by atoms with Crippen molar-refractivity contribution in [2.24, 2.45) is 0 Å². The minimum atomic E-state index is -1.11. The molecule has 0 bridgehead atoms. The Hall–Kier alpha value is -2.67. The third-order valence-corrected chi connectivity index (χ3v) is 2.72. The van der Waals surface area contributed by atoms with E-state index in [0.29, 0.717) is 11.3 Å². The van der Waals surface area contributed by atoms with Crippen LogP contribution >= 0.6 is 0 Å². The van der Waals surface area contributed by atoms with E-state index in [2.05, 4.69) is 5.32 Å². The molecular weight excluding hydrogens is 264 g/mol. The number of carboxylic acids is 1. The van der Waals surface area contributed by atoms with Crippen LogP contribution in [0.5, 0.6) is 0 Å². The molecule has 2 rings (SSSR count). The molecule has 1 heterocycles. The van der Waals surface area contributed by atoms with Gasteiger partial charge in [-0.15, -0.1) is 0 Å². The van der Waals surface area contributed by atoms with Gasteiger partial charge in [-0.1, -0.05) is 12.1 Å². The van der Waals surface area contributed by atoms with Gasteiger partial charge in [-0.05, 0) is 17.7 Å². The fourth-order valence-electron chi connectivity index (χ4n) is 1.78. The lowest BCUT2D eigenvalue weighted by Gasteiger charge is -2.13. The fourth-order valence-corrected chi connectivity index (χ4v) is 1.78. The SMILES string of the molecule is O=C(O)C(NCc1ccco1)c1cccc([N+](=O)[O-])c1. The lowest BCUT2D eigenvalue weighted by Crippen LogP contribution is -2.28. The maximum Gasteiger partial charge on any atom is 0.325 e. The number of non-ortho nitro benzene ring substituents is 1. The number of nitro groups is 1. The van der Waals surface area contributed by atoms with E-state index in [1.54, 1.807) is 12.1 Å². The molecule has 7 heteroatoms. The van der Waals surface area contributed by atoms with Crippen molar-refractivity contribution in [1.82, 2.24) is 5.32 Å². The molecule has 1 aromatic heterocycles. The Morgan fingerprint density at radius 1 is 1.40 bits per heavy atom. The largest absolute Gasteiger partial charge is 0.480 e. The fraction of sp³-hybridized carbons (Fsp3) is 0.154. The van der Waals surface area contributed by atoms with E-state index in [0.717, 1.165) is 0 Å². The van der Waals surface area contributed by atoms with Crippen molar-refractivity contribution in [3.8, 4) is 0 Å². The molecule has 0 spiro atoms. The highest BCUT2D eigenvalue weighted by Crippen LogP contribution is 2.20. The van der Waals surface area contributed by atoms with Crippen LogP contribution in [0.4, 0.5) is 5.69 Å². The number of nitrogens with one attached hydrogen (secondary N) is 1. The molecule has 0 fully saturated rings. The van der Waals surface area contributed by atoms with Crippen molar-refractivity contribution in [2.75, 3.05) is 0 Å². The summed E-state index contributed by atoms with van der Waals surface area (Å²) in [7, 11) is 0. The predicted molar refractivity (Wildman–Crippen MR) is 69.0 cm³/mol. The van der Waals surface area contributed by atoms with E-state index in [1.807, 2.05) is 0 Å². The van der Waals surface area contributed by atoms with E-state index in [9.17, 15) is 20.0 Å². The van der Waals surface area contributed by atoms with Gasteiger partial charge in [0, 0.05) is 12.1 Å². The molecule has 0 aliphatic carbocycles. The van der Waals surface area contributed by atoms with Crippen LogP contribution in [-0.4, -0.2) is 16.0 Å². The van der Waals surface area contributed by atoms with Crippen molar-refractivity contribution in [2.45, 2.75) is 12.6 Å². The van der Waals surface area contributed by atoms with Crippen molar-refractivity contribution in [3.63, 3.8) is 0 Å². The normalized spacial score (nSPS) is 12.0. The molecule has 0 aliphatic rings. The van der Waals surface area contributed by atoms with E-state index in [-0.39, 0.29) is 12.2 Å². The van der Waals surface area contributed by atoms with Crippen LogP contribution in [0.3, 0.4) is 0 Å². The van der Waals surface area contributed by atoms with E-state index in [4.69, 9.17) is 4.42 Å². The van der Waals surface area contributed by atoms with Crippen LogP contribution in [0.1, 0.15) is 17.4 Å². The van der Waals surface area contributed by atoms with Gasteiger partial charge in [-0.2, -0.15) is 0 Å². The Morgan fingerprint density at radius 3 is 2.80 bits per heavy atom. The molecule has 1 atom stereocenters. The molecule has 2 N–H and O–H groups in total. The van der Waals surface area contributed by atoms with Gasteiger partial charge < -0.3 is 9.52 Å². The highest BCUT2D eigenvalue weighted by molar-refractivity contribution is 5.75. The summed E-state index contributed by atoms with van der Waals surface area (Å²) in [4.78, 5) is 21.4. The number of aliphatic carboxylic acids is 1. The Bertz CT molecular complexity index is 609. The van der Waals surface area contributed by atoms with Gasteiger partial charge in [0.15, 0.2) is 0 Å². The van der Waals surface area contributed by atoms with Crippen LogP contribution in [-0.2, 0) is 11.3 Å². The molecule has 1 aromatic carbocycles. The van der Waals surface area contributed by atoms with Crippen LogP contribution in [0, 0.1) is 10.1 Å². The monoisotopic (exact) mass is 276 g/mol. The summed E-state index contributed by atoms with van der Waals surface area (Å²) in [5, 5.41) is 22.7. The van der Waals surface area contributed by atoms with Crippen molar-refractivity contribution in [1.29, 1.82) is 0 Å². The average Bonchev–Trinajstić information content (AvgIpc) is 2.92. The quantitative estimate of drug-likeness (QED) is 0.618. The van der Waals surface area contributed by atoms with Gasteiger partial charge in [-0.25, -0.2) is 0 Å². The molecular formula is C13H12N2O5. The van der Waals surface area contributed by atoms with E-state index in [1.165, 1.54) is 30.5 Å². The predicted octanol–water partition coefficient (Wildman–Crippen LogP) is 2.10. The minimum Gasteiger partial charge on any atom is -0.480 e. The first kappa shape index (κ1) is 13.8. The number of carbonyl (C=O) groups is 1. The van der Waals surface area contributed by atoms with Gasteiger partial charge in [0.1, 0.15) is 11.8 Å². The summed E-state index contributed by atoms with van der Waals surface area (Å²) >= 11 is 0. The molecule has 1 unspecified atom stereocenters. The zero-order valence-electron chi connectivity index (χ0n) is 10.4. The first-order chi connectivity index (χ1) is 9.58. The number of furan rings is 1. The molecule has 0 amide bonds. The number of nitro benzene ring substituents is 1. The summed E-state index contributed by atoms with van der Waals surface area (Å²) in [5.41, 5.74) is 0.173. The Kier molecular flexibility index (Phi) is 4.11. The van der Waals surface area contributed by atoms with Gasteiger partial charge >= 0.3 is 5.97 Å². The summed E-state index contributed by atoms with van der Waals surface area (Å²) in [5.74, 6) is -0.529. The molecule has 104 valence electrons. The number of hydrogen-bond acceptors (Lipinski definition) is 5. The lowest BCUT2D eigenvalue weighted by atomic mass is 10.1. The summed E-state index contributed by atoms with van der Waals surface area (Å²) in [6.45, 7) is 0.215. The van der Waals surface area contributed by atoms with Crippen LogP contribution in [0.25, 0.3) is 0 Å². The molecule has 2 aromatic rings. The first-order valence-electron chi connectivity index (χ1n) is 5.81. The first-order valence-corrected chi connectivity index (χ1v) is 5.81. The molecule has 0 saturated heterocycles. The van der Waals surface area contributed by atoms with Gasteiger partial charge in [0.2, 0.25) is 0 Å². The number of rotatable bonds is 6. The third kappa shape index (κ3) is 3.21. The van der Waals surface area contributed by atoms with Gasteiger partial charge in [0.25, 0.3) is 5.69 Å². The topological polar surface area (TPSA) is 106 Å². The van der Waals surface area contributed by atoms with Crippen molar-refractivity contribution < 1.29 is 19.2 Å². The number of benzene rings is 1. The standard InChI is InChI=1S/C13H12N2O5/c16-13(17)12(14-8-11-5-2-6-20-11)9-3-1-4-10(7-9)15(18)19/h1-7,12,14H,8H2,(H,16,17). The van der Waals surface area contributed by atoms with E-state index >= 15 is 0 Å². The summed E-state index contributed by atoms with van der Waals surface area (Å²) in [6.07, 6.45) is 1.49. The van der Waals surface area contributed by atoms with Crippen molar-refractivity contribution >= 4 is 11.7 Å². The van der Waals surface area contributed by atoms with Gasteiger partial charge in [-0.3, -0.25) is 20.2 Å². The third-order valence-electron chi connectivity index (χ3n) is 2.72. The Labute approximate surface area is 114 Å². The maximum atomic E-state index is 11.3. The van der Waals surface area contributed by atoms with Gasteiger partial charge in [0.05, 0.1) is 17.7 Å². The zero-order valence-corrected chi connectivity index (χ0v) is 10.4. The van der Waals surface area contributed by atoms with Crippen LogP contribution < -0.4 is 5.32 Å². The smallest absolute Gasteiger partial charge is 0.325 e. The number of nitrogens with zero attached hydrogens (tertiary/aromatic N) is 1. The summed E-state index contributed by atoms with van der Waals surface area (Å²) < 4.78 is 5.10. The van der Waals surface area contributed by atoms with Crippen molar-refractivity contribution in [3.05, 3.63) is 64.1 Å². The lowest BCUT2D eigenvalue weighted by molar-refractivity contribution is -0.384. The summed E-state index contributed by atoms with van der Waals surface area (Å²) in [6, 6.07) is 7.90. The molecule has 20 heavy (non-hydrogen) atoms. The highest BCUT2D eigenvalue weighted by atomic mass is 16.6. The second-order valence-electron chi connectivity index (χ2n) is 4.08. The second-order valence-corrected chi connectivity index (χ2v) is 4.08. The number of carboxylic acid groups (broad SMARTS) is 1. The highest BCUT2D eigenvalue weighted by Gasteiger charge is 2.21. The van der Waals surface area contributed by atoms with E-state index < -0.39 is 16.9 Å². The number of hydrogen-bond donors (Lipinski definition) is 2. The molecule has 0 radical (unpaired) electrons. The zero-order chi connectivity index (χ0) is 14.5. The van der Waals surface area contributed by atoms with Crippen LogP contribution in [0.15, 0.2) is 47.1 Å². The Balaban J connectivity index is 2.17.